The first kappa shape index (κ1) is 20.6. The van der Waals surface area contributed by atoms with Gasteiger partial charge in [-0.2, -0.15) is 0 Å². The molecule has 0 unspecified atom stereocenters. The van der Waals surface area contributed by atoms with Crippen molar-refractivity contribution >= 4 is 35.1 Å². The number of benzene rings is 2. The first-order valence-corrected chi connectivity index (χ1v) is 9.80. The summed E-state index contributed by atoms with van der Waals surface area (Å²) in [5.41, 5.74) is 0.627. The molecule has 148 valence electrons. The Morgan fingerprint density at radius 3 is 2.39 bits per heavy atom. The quantitative estimate of drug-likeness (QED) is 0.678. The highest BCUT2D eigenvalue weighted by atomic mass is 35.5. The topological polar surface area (TPSA) is 55.4 Å². The maximum absolute atomic E-state index is 13.2. The molecule has 0 aliphatic heterocycles. The molecule has 0 spiro atoms. The number of hydrogen-bond acceptors (Lipinski definition) is 3. The van der Waals surface area contributed by atoms with E-state index in [4.69, 9.17) is 27.9 Å². The van der Waals surface area contributed by atoms with Gasteiger partial charge in [-0.05, 0) is 48.2 Å². The van der Waals surface area contributed by atoms with E-state index in [2.05, 4.69) is 5.32 Å². The Morgan fingerprint density at radius 1 is 1.07 bits per heavy atom. The Morgan fingerprint density at radius 2 is 1.75 bits per heavy atom. The number of amides is 1. The summed E-state index contributed by atoms with van der Waals surface area (Å²) in [6.45, 7) is -0.178. The van der Waals surface area contributed by atoms with E-state index >= 15 is 0 Å². The van der Waals surface area contributed by atoms with Gasteiger partial charge in [-0.15, -0.1) is 0 Å². The van der Waals surface area contributed by atoms with Crippen molar-refractivity contribution in [3.63, 3.8) is 0 Å². The molecule has 0 atom stereocenters. The van der Waals surface area contributed by atoms with E-state index in [1.165, 1.54) is 12.1 Å². The number of nitrogens with one attached hydrogen (secondary N) is 1. The molecular weight excluding hydrogens is 404 g/mol. The van der Waals surface area contributed by atoms with Crippen LogP contribution < -0.4 is 5.32 Å². The predicted molar refractivity (Wildman–Crippen MR) is 106 cm³/mol. The molecule has 1 aliphatic rings. The number of rotatable bonds is 6. The SMILES string of the molecule is O=C(COC(=O)C1(c2ccc(F)cc2)CCCC1)NCc1ccc(Cl)cc1Cl. The van der Waals surface area contributed by atoms with Gasteiger partial charge in [0.15, 0.2) is 6.61 Å². The molecule has 0 radical (unpaired) electrons. The van der Waals surface area contributed by atoms with Crippen molar-refractivity contribution in [3.05, 3.63) is 69.5 Å². The Bertz CT molecular complexity index is 864. The lowest BCUT2D eigenvalue weighted by molar-refractivity contribution is -0.154. The molecule has 2 aromatic rings. The van der Waals surface area contributed by atoms with E-state index in [0.29, 0.717) is 28.5 Å². The van der Waals surface area contributed by atoms with Crippen molar-refractivity contribution in [2.75, 3.05) is 6.61 Å². The van der Waals surface area contributed by atoms with Crippen molar-refractivity contribution in [1.82, 2.24) is 5.32 Å². The van der Waals surface area contributed by atoms with E-state index < -0.39 is 17.3 Å². The van der Waals surface area contributed by atoms with Gasteiger partial charge in [0.2, 0.25) is 0 Å². The number of hydrogen-bond donors (Lipinski definition) is 1. The Balaban J connectivity index is 1.58. The maximum Gasteiger partial charge on any atom is 0.317 e. The molecule has 0 saturated heterocycles. The lowest BCUT2D eigenvalue weighted by Gasteiger charge is -2.27. The monoisotopic (exact) mass is 423 g/mol. The molecular formula is C21H20Cl2FNO3. The van der Waals surface area contributed by atoms with Gasteiger partial charge in [0.05, 0.1) is 5.41 Å². The number of halogens is 3. The smallest absolute Gasteiger partial charge is 0.317 e. The molecule has 0 bridgehead atoms. The van der Waals surface area contributed by atoms with Gasteiger partial charge in [0, 0.05) is 16.6 Å². The predicted octanol–water partition coefficient (Wildman–Crippen LogP) is 4.80. The first-order valence-electron chi connectivity index (χ1n) is 9.05. The van der Waals surface area contributed by atoms with Crippen LogP contribution in [-0.4, -0.2) is 18.5 Å². The van der Waals surface area contributed by atoms with Crippen LogP contribution in [0.2, 0.25) is 10.0 Å². The molecule has 1 saturated carbocycles. The van der Waals surface area contributed by atoms with Gasteiger partial charge >= 0.3 is 5.97 Å². The van der Waals surface area contributed by atoms with E-state index in [1.807, 2.05) is 0 Å². The minimum Gasteiger partial charge on any atom is -0.455 e. The number of esters is 1. The molecule has 0 aromatic heterocycles. The minimum atomic E-state index is -0.812. The highest BCUT2D eigenvalue weighted by Gasteiger charge is 2.44. The van der Waals surface area contributed by atoms with Gasteiger partial charge in [-0.25, -0.2) is 4.39 Å². The molecule has 1 amide bonds. The summed E-state index contributed by atoms with van der Waals surface area (Å²) < 4.78 is 18.6. The molecule has 0 heterocycles. The molecule has 1 N–H and O–H groups in total. The Kier molecular flexibility index (Phi) is 6.57. The molecule has 1 aliphatic carbocycles. The molecule has 3 rings (SSSR count). The zero-order valence-electron chi connectivity index (χ0n) is 15.1. The highest BCUT2D eigenvalue weighted by Crippen LogP contribution is 2.42. The van der Waals surface area contributed by atoms with Gasteiger partial charge < -0.3 is 10.1 Å². The van der Waals surface area contributed by atoms with Crippen molar-refractivity contribution in [3.8, 4) is 0 Å². The molecule has 4 nitrogen and oxygen atoms in total. The van der Waals surface area contributed by atoms with Crippen LogP contribution in [-0.2, 0) is 26.3 Å². The molecule has 28 heavy (non-hydrogen) atoms. The summed E-state index contributed by atoms with van der Waals surface area (Å²) in [5.74, 6) is -1.23. The van der Waals surface area contributed by atoms with E-state index in [1.54, 1.807) is 30.3 Å². The second-order valence-corrected chi connectivity index (χ2v) is 7.73. The van der Waals surface area contributed by atoms with Crippen LogP contribution in [0.4, 0.5) is 4.39 Å². The second kappa shape index (κ2) is 8.93. The molecule has 2 aromatic carbocycles. The standard InChI is InChI=1S/C21H20Cl2FNO3/c22-16-6-3-14(18(23)11-16)12-25-19(26)13-28-20(27)21(9-1-2-10-21)15-4-7-17(24)8-5-15/h3-8,11H,1-2,9-10,12-13H2,(H,25,26). The largest absolute Gasteiger partial charge is 0.455 e. The first-order chi connectivity index (χ1) is 13.4. The lowest BCUT2D eigenvalue weighted by Crippen LogP contribution is -2.37. The summed E-state index contributed by atoms with van der Waals surface area (Å²) >= 11 is 11.9. The van der Waals surface area contributed by atoms with Crippen LogP contribution >= 0.6 is 23.2 Å². The van der Waals surface area contributed by atoms with Crippen molar-refractivity contribution in [1.29, 1.82) is 0 Å². The summed E-state index contributed by atoms with van der Waals surface area (Å²) in [6, 6.07) is 10.9. The third kappa shape index (κ3) is 4.65. The third-order valence-electron chi connectivity index (χ3n) is 5.07. The normalized spacial score (nSPS) is 15.2. The highest BCUT2D eigenvalue weighted by molar-refractivity contribution is 6.35. The van der Waals surface area contributed by atoms with Gasteiger partial charge in [0.25, 0.3) is 5.91 Å². The summed E-state index contributed by atoms with van der Waals surface area (Å²) in [5, 5.41) is 3.63. The Hall–Kier alpha value is -2.11. The van der Waals surface area contributed by atoms with Crippen molar-refractivity contribution < 1.29 is 18.7 Å². The summed E-state index contributed by atoms with van der Waals surface area (Å²) in [4.78, 5) is 24.9. The third-order valence-corrected chi connectivity index (χ3v) is 5.66. The van der Waals surface area contributed by atoms with Gasteiger partial charge in [-0.1, -0.05) is 54.2 Å². The van der Waals surface area contributed by atoms with Crippen LogP contribution in [0.15, 0.2) is 42.5 Å². The average molecular weight is 424 g/mol. The minimum absolute atomic E-state index is 0.204. The van der Waals surface area contributed by atoms with Crippen LogP contribution in [0, 0.1) is 5.82 Å². The number of ether oxygens (including phenoxy) is 1. The van der Waals surface area contributed by atoms with E-state index in [0.717, 1.165) is 18.4 Å². The van der Waals surface area contributed by atoms with Crippen LogP contribution in [0.1, 0.15) is 36.8 Å². The van der Waals surface area contributed by atoms with Gasteiger partial charge in [-0.3, -0.25) is 9.59 Å². The average Bonchev–Trinajstić information content (AvgIpc) is 3.17. The van der Waals surface area contributed by atoms with Crippen molar-refractivity contribution in [2.24, 2.45) is 0 Å². The summed E-state index contributed by atoms with van der Waals surface area (Å²) in [6.07, 6.45) is 3.01. The van der Waals surface area contributed by atoms with Crippen LogP contribution in [0.3, 0.4) is 0 Å². The van der Waals surface area contributed by atoms with E-state index in [-0.39, 0.29) is 19.0 Å². The fourth-order valence-electron chi connectivity index (χ4n) is 3.54. The fourth-order valence-corrected chi connectivity index (χ4v) is 4.01. The lowest BCUT2D eigenvalue weighted by atomic mass is 9.79. The van der Waals surface area contributed by atoms with Crippen molar-refractivity contribution in [2.45, 2.75) is 37.6 Å². The fraction of sp³-hybridized carbons (Fsp3) is 0.333. The number of carbonyl (C=O) groups excluding carboxylic acids is 2. The zero-order valence-corrected chi connectivity index (χ0v) is 16.7. The van der Waals surface area contributed by atoms with E-state index in [9.17, 15) is 14.0 Å². The zero-order chi connectivity index (χ0) is 20.1. The molecule has 7 heteroatoms. The Labute approximate surface area is 173 Å². The van der Waals surface area contributed by atoms with Crippen LogP contribution in [0.5, 0.6) is 0 Å². The maximum atomic E-state index is 13.2. The second-order valence-electron chi connectivity index (χ2n) is 6.88. The molecule has 1 fully saturated rings. The summed E-state index contributed by atoms with van der Waals surface area (Å²) in [7, 11) is 0. The van der Waals surface area contributed by atoms with Crippen LogP contribution in [0.25, 0.3) is 0 Å². The number of carbonyl (C=O) groups is 2. The van der Waals surface area contributed by atoms with Gasteiger partial charge in [0.1, 0.15) is 5.82 Å².